The lowest BCUT2D eigenvalue weighted by atomic mass is 10.1. The highest BCUT2D eigenvalue weighted by Gasteiger charge is 2.15. The number of hydrogen-bond donors (Lipinski definition) is 1. The van der Waals surface area contributed by atoms with E-state index in [1.54, 1.807) is 30.3 Å². The van der Waals surface area contributed by atoms with Gasteiger partial charge in [-0.2, -0.15) is 0 Å². The Morgan fingerprint density at radius 3 is 2.40 bits per heavy atom. The molecule has 3 aromatic rings. The van der Waals surface area contributed by atoms with Crippen LogP contribution in [0.2, 0.25) is 0 Å². The van der Waals surface area contributed by atoms with Crippen LogP contribution in [0.5, 0.6) is 0 Å². The maximum absolute atomic E-state index is 13.8. The van der Waals surface area contributed by atoms with Gasteiger partial charge in [-0.25, -0.2) is 9.18 Å². The monoisotopic (exact) mass is 339 g/mol. The maximum Gasteiger partial charge on any atom is 0.337 e. The normalized spacial score (nSPS) is 10.3. The van der Waals surface area contributed by atoms with Crippen LogP contribution in [-0.2, 0) is 4.74 Å². The Labute approximate surface area is 143 Å². The molecular weight excluding hydrogens is 325 g/mol. The molecule has 5 nitrogen and oxygen atoms in total. The van der Waals surface area contributed by atoms with Gasteiger partial charge in [0, 0.05) is 5.69 Å². The molecule has 0 radical (unpaired) electrons. The Bertz CT molecular complexity index is 915. The van der Waals surface area contributed by atoms with E-state index in [1.165, 1.54) is 37.4 Å². The molecule has 0 aliphatic heterocycles. The van der Waals surface area contributed by atoms with Gasteiger partial charge in [-0.15, -0.1) is 0 Å². The first-order valence-corrected chi connectivity index (χ1v) is 7.43. The van der Waals surface area contributed by atoms with Crippen LogP contribution in [0.3, 0.4) is 0 Å². The van der Waals surface area contributed by atoms with Crippen LogP contribution in [0.15, 0.2) is 65.1 Å². The van der Waals surface area contributed by atoms with Gasteiger partial charge in [0.2, 0.25) is 0 Å². The molecule has 2 aromatic carbocycles. The van der Waals surface area contributed by atoms with Crippen molar-refractivity contribution in [2.75, 3.05) is 12.4 Å². The largest absolute Gasteiger partial charge is 0.465 e. The van der Waals surface area contributed by atoms with E-state index in [0.717, 1.165) is 0 Å². The molecule has 1 amide bonds. The molecule has 6 heteroatoms. The van der Waals surface area contributed by atoms with E-state index in [-0.39, 0.29) is 17.1 Å². The van der Waals surface area contributed by atoms with E-state index in [1.807, 2.05) is 0 Å². The van der Waals surface area contributed by atoms with Gasteiger partial charge in [-0.3, -0.25) is 4.79 Å². The summed E-state index contributed by atoms with van der Waals surface area (Å²) in [5, 5.41) is 2.64. The molecule has 1 heterocycles. The summed E-state index contributed by atoms with van der Waals surface area (Å²) >= 11 is 0. The quantitative estimate of drug-likeness (QED) is 0.726. The van der Waals surface area contributed by atoms with Crippen molar-refractivity contribution in [1.82, 2.24) is 0 Å². The van der Waals surface area contributed by atoms with Crippen molar-refractivity contribution >= 4 is 17.6 Å². The number of methoxy groups -OCH3 is 1. The number of nitrogens with one attached hydrogen (secondary N) is 1. The lowest BCUT2D eigenvalue weighted by Crippen LogP contribution is -2.11. The summed E-state index contributed by atoms with van der Waals surface area (Å²) in [6.07, 6.45) is 0. The van der Waals surface area contributed by atoms with Crippen molar-refractivity contribution < 1.29 is 23.1 Å². The average molecular weight is 339 g/mol. The molecule has 0 spiro atoms. The zero-order chi connectivity index (χ0) is 17.8. The van der Waals surface area contributed by atoms with E-state index in [4.69, 9.17) is 4.42 Å². The Balaban J connectivity index is 1.74. The fourth-order valence-corrected chi connectivity index (χ4v) is 2.27. The van der Waals surface area contributed by atoms with Crippen LogP contribution in [0, 0.1) is 5.82 Å². The Hall–Kier alpha value is -3.41. The van der Waals surface area contributed by atoms with Gasteiger partial charge in [-0.05, 0) is 48.5 Å². The minimum atomic E-state index is -0.478. The maximum atomic E-state index is 13.8. The summed E-state index contributed by atoms with van der Waals surface area (Å²) in [4.78, 5) is 23.6. The highest BCUT2D eigenvalue weighted by Crippen LogP contribution is 2.25. The number of halogens is 1. The van der Waals surface area contributed by atoms with Crippen molar-refractivity contribution in [1.29, 1.82) is 0 Å². The summed E-state index contributed by atoms with van der Waals surface area (Å²) in [6.45, 7) is 0. The Morgan fingerprint density at radius 1 is 1.00 bits per heavy atom. The lowest BCUT2D eigenvalue weighted by Gasteiger charge is -2.04. The first-order chi connectivity index (χ1) is 12.1. The predicted octanol–water partition coefficient (Wildman–Crippen LogP) is 4.12. The fourth-order valence-electron chi connectivity index (χ4n) is 2.27. The van der Waals surface area contributed by atoms with Crippen LogP contribution in [0.4, 0.5) is 10.1 Å². The molecule has 0 fully saturated rings. The second-order valence-corrected chi connectivity index (χ2v) is 5.17. The zero-order valence-electron chi connectivity index (χ0n) is 13.3. The van der Waals surface area contributed by atoms with Crippen LogP contribution >= 0.6 is 0 Å². The number of carbonyl (C=O) groups excluding carboxylic acids is 2. The molecule has 1 N–H and O–H groups in total. The highest BCUT2D eigenvalue weighted by atomic mass is 19.1. The minimum absolute atomic E-state index is 0.0512. The second-order valence-electron chi connectivity index (χ2n) is 5.17. The second kappa shape index (κ2) is 7.00. The summed E-state index contributed by atoms with van der Waals surface area (Å²) in [6, 6.07) is 15.4. The van der Waals surface area contributed by atoms with E-state index in [2.05, 4.69) is 10.1 Å². The number of ether oxygens (including phenoxy) is 1. The number of hydrogen-bond acceptors (Lipinski definition) is 4. The summed E-state index contributed by atoms with van der Waals surface area (Å²) in [5.41, 5.74) is 1.14. The average Bonchev–Trinajstić information content (AvgIpc) is 3.12. The summed E-state index contributed by atoms with van der Waals surface area (Å²) < 4.78 is 23.8. The number of furan rings is 1. The van der Waals surface area contributed by atoms with E-state index < -0.39 is 17.7 Å². The molecule has 3 rings (SSSR count). The lowest BCUT2D eigenvalue weighted by molar-refractivity contribution is 0.0600. The van der Waals surface area contributed by atoms with Crippen LogP contribution in [0.25, 0.3) is 11.3 Å². The smallest absolute Gasteiger partial charge is 0.337 e. The number of carbonyl (C=O) groups is 2. The molecular formula is C19H14FNO4. The highest BCUT2D eigenvalue weighted by molar-refractivity contribution is 6.02. The fraction of sp³-hybridized carbons (Fsp3) is 0.0526. The number of benzene rings is 2. The summed E-state index contributed by atoms with van der Waals surface area (Å²) in [5.74, 6) is -1.05. The van der Waals surface area contributed by atoms with Gasteiger partial charge in [0.1, 0.15) is 11.6 Å². The number of esters is 1. The Morgan fingerprint density at radius 2 is 1.72 bits per heavy atom. The SMILES string of the molecule is COC(=O)c1ccc(NC(=O)c2ccc(-c3ccccc3F)o2)cc1. The van der Waals surface area contributed by atoms with E-state index in [0.29, 0.717) is 11.3 Å². The number of rotatable bonds is 4. The third-order valence-electron chi connectivity index (χ3n) is 3.53. The first-order valence-electron chi connectivity index (χ1n) is 7.43. The third-order valence-corrected chi connectivity index (χ3v) is 3.53. The van der Waals surface area contributed by atoms with Gasteiger partial charge >= 0.3 is 5.97 Å². The number of amides is 1. The van der Waals surface area contributed by atoms with Gasteiger partial charge < -0.3 is 14.5 Å². The van der Waals surface area contributed by atoms with E-state index >= 15 is 0 Å². The topological polar surface area (TPSA) is 68.5 Å². The van der Waals surface area contributed by atoms with Gasteiger partial charge in [0.25, 0.3) is 5.91 Å². The van der Waals surface area contributed by atoms with Crippen molar-refractivity contribution in [3.8, 4) is 11.3 Å². The molecule has 126 valence electrons. The van der Waals surface area contributed by atoms with Crippen molar-refractivity contribution in [2.45, 2.75) is 0 Å². The van der Waals surface area contributed by atoms with E-state index in [9.17, 15) is 14.0 Å². The molecule has 0 saturated heterocycles. The molecule has 0 aliphatic carbocycles. The van der Waals surface area contributed by atoms with Crippen molar-refractivity contribution in [3.63, 3.8) is 0 Å². The number of anilines is 1. The summed E-state index contributed by atoms with van der Waals surface area (Å²) in [7, 11) is 1.29. The zero-order valence-corrected chi connectivity index (χ0v) is 13.3. The molecule has 1 aromatic heterocycles. The van der Waals surface area contributed by atoms with Crippen LogP contribution in [-0.4, -0.2) is 19.0 Å². The third kappa shape index (κ3) is 3.58. The van der Waals surface area contributed by atoms with Gasteiger partial charge in [0.05, 0.1) is 18.2 Å². The Kier molecular flexibility index (Phi) is 4.61. The molecule has 0 atom stereocenters. The van der Waals surface area contributed by atoms with Crippen molar-refractivity contribution in [3.05, 3.63) is 77.8 Å². The molecule has 25 heavy (non-hydrogen) atoms. The standard InChI is InChI=1S/C19H14FNO4/c1-24-19(23)12-6-8-13(9-7-12)21-18(22)17-11-10-16(25-17)14-4-2-3-5-15(14)20/h2-11H,1H3,(H,21,22). The first kappa shape index (κ1) is 16.4. The molecule has 0 unspecified atom stereocenters. The van der Waals surface area contributed by atoms with Crippen molar-refractivity contribution in [2.24, 2.45) is 0 Å². The van der Waals surface area contributed by atoms with Crippen LogP contribution < -0.4 is 5.32 Å². The molecule has 0 bridgehead atoms. The predicted molar refractivity (Wildman–Crippen MR) is 89.8 cm³/mol. The molecule has 0 aliphatic rings. The van der Waals surface area contributed by atoms with Gasteiger partial charge in [-0.1, -0.05) is 12.1 Å². The van der Waals surface area contributed by atoms with Crippen LogP contribution in [0.1, 0.15) is 20.9 Å². The molecule has 0 saturated carbocycles. The van der Waals surface area contributed by atoms with Gasteiger partial charge in [0.15, 0.2) is 5.76 Å². The minimum Gasteiger partial charge on any atom is -0.465 e.